The van der Waals surface area contributed by atoms with E-state index in [0.29, 0.717) is 37.5 Å². The normalized spacial score (nSPS) is 38.1. The monoisotopic (exact) mass is 316 g/mol. The van der Waals surface area contributed by atoms with Crippen LogP contribution in [-0.2, 0) is 9.59 Å². The molecule has 2 rings (SSSR count). The molecule has 2 aliphatic carbocycles. The van der Waals surface area contributed by atoms with Gasteiger partial charge in [0, 0.05) is 25.7 Å². The van der Waals surface area contributed by atoms with Crippen molar-refractivity contribution in [1.82, 2.24) is 0 Å². The lowest BCUT2D eigenvalue weighted by molar-refractivity contribution is -0.128. The van der Waals surface area contributed by atoms with Gasteiger partial charge in [-0.05, 0) is 23.7 Å². The zero-order chi connectivity index (χ0) is 15.4. The summed E-state index contributed by atoms with van der Waals surface area (Å²) < 4.78 is 0. The molecule has 2 fully saturated rings. The quantitative estimate of drug-likeness (QED) is 0.719. The van der Waals surface area contributed by atoms with Crippen LogP contribution in [0.3, 0.4) is 0 Å². The minimum Gasteiger partial charge on any atom is -0.390 e. The molecule has 0 aromatic carbocycles. The number of aliphatic hydroxyl groups excluding tert-OH is 2. The Morgan fingerprint density at radius 3 is 1.09 bits per heavy atom. The molecule has 0 aliphatic heterocycles. The molecule has 2 aliphatic rings. The van der Waals surface area contributed by atoms with Gasteiger partial charge in [0.25, 0.3) is 0 Å². The fourth-order valence-electron chi connectivity index (χ4n) is 3.01. The van der Waals surface area contributed by atoms with Crippen molar-refractivity contribution in [2.24, 2.45) is 23.7 Å². The van der Waals surface area contributed by atoms with E-state index in [-0.39, 0.29) is 38.3 Å². The van der Waals surface area contributed by atoms with Gasteiger partial charge in [-0.3, -0.25) is 9.59 Å². The highest BCUT2D eigenvalue weighted by atomic mass is 16.3. The number of Topliss-reactive ketones (excluding diaryl/α,β-unsaturated/α-hetero) is 2. The van der Waals surface area contributed by atoms with E-state index < -0.39 is 12.2 Å². The molecule has 22 heavy (non-hydrogen) atoms. The molecular formula is C18H36O4. The zero-order valence-corrected chi connectivity index (χ0v) is 13.0. The van der Waals surface area contributed by atoms with Crippen molar-refractivity contribution in [3.63, 3.8) is 0 Å². The second-order valence-corrected chi connectivity index (χ2v) is 6.50. The predicted octanol–water partition coefficient (Wildman–Crippen LogP) is 3.24. The maximum Gasteiger partial charge on any atom is 0.133 e. The van der Waals surface area contributed by atoms with Gasteiger partial charge in [0.05, 0.1) is 12.2 Å². The number of rotatable bonds is 0. The van der Waals surface area contributed by atoms with E-state index in [2.05, 4.69) is 13.8 Å². The number of carbonyl (C=O) groups is 2. The van der Waals surface area contributed by atoms with E-state index in [1.807, 2.05) is 13.8 Å². The molecule has 4 unspecified atom stereocenters. The van der Waals surface area contributed by atoms with Crippen molar-refractivity contribution < 1.29 is 19.8 Å². The minimum absolute atomic E-state index is 0. The topological polar surface area (TPSA) is 74.6 Å². The molecule has 0 spiro atoms. The predicted molar refractivity (Wildman–Crippen MR) is 90.6 cm³/mol. The Labute approximate surface area is 136 Å². The first-order chi connectivity index (χ1) is 9.25. The van der Waals surface area contributed by atoms with Gasteiger partial charge in [-0.2, -0.15) is 0 Å². The Morgan fingerprint density at radius 1 is 0.636 bits per heavy atom. The SMILES string of the molecule is C.C.CC1C(O)C(O)[C@@H](C)C(C)[C@H]1C.O=C1CCC(=O)CC1. The molecular weight excluding hydrogens is 280 g/mol. The van der Waals surface area contributed by atoms with Crippen molar-refractivity contribution >= 4 is 11.6 Å². The maximum atomic E-state index is 10.5. The Hall–Kier alpha value is -0.740. The van der Waals surface area contributed by atoms with Crippen LogP contribution < -0.4 is 0 Å². The molecule has 4 heteroatoms. The Bertz CT molecular complexity index is 266. The van der Waals surface area contributed by atoms with Crippen LogP contribution in [0.2, 0.25) is 0 Å². The summed E-state index contributed by atoms with van der Waals surface area (Å²) in [6, 6.07) is 0. The highest BCUT2D eigenvalue weighted by Gasteiger charge is 2.41. The summed E-state index contributed by atoms with van der Waals surface area (Å²) in [5.41, 5.74) is 0. The molecule has 0 heterocycles. The van der Waals surface area contributed by atoms with E-state index in [1.54, 1.807) is 0 Å². The summed E-state index contributed by atoms with van der Waals surface area (Å²) in [4.78, 5) is 20.9. The van der Waals surface area contributed by atoms with E-state index in [1.165, 1.54) is 0 Å². The van der Waals surface area contributed by atoms with Crippen molar-refractivity contribution in [3.8, 4) is 0 Å². The molecule has 6 atom stereocenters. The molecule has 2 saturated carbocycles. The molecule has 0 amide bonds. The number of aliphatic hydroxyl groups is 2. The fourth-order valence-corrected chi connectivity index (χ4v) is 3.01. The smallest absolute Gasteiger partial charge is 0.133 e. The van der Waals surface area contributed by atoms with E-state index in [0.717, 1.165) is 0 Å². The Kier molecular flexibility index (Phi) is 10.8. The summed E-state index contributed by atoms with van der Waals surface area (Å²) >= 11 is 0. The van der Waals surface area contributed by atoms with Crippen LogP contribution in [0.4, 0.5) is 0 Å². The zero-order valence-electron chi connectivity index (χ0n) is 13.0. The van der Waals surface area contributed by atoms with Crippen LogP contribution in [0.5, 0.6) is 0 Å². The van der Waals surface area contributed by atoms with Gasteiger partial charge in [0.1, 0.15) is 11.6 Å². The van der Waals surface area contributed by atoms with Gasteiger partial charge >= 0.3 is 0 Å². The maximum absolute atomic E-state index is 10.5. The number of carbonyl (C=O) groups excluding carboxylic acids is 2. The van der Waals surface area contributed by atoms with Gasteiger partial charge in [-0.1, -0.05) is 42.5 Å². The third-order valence-electron chi connectivity index (χ3n) is 5.28. The largest absolute Gasteiger partial charge is 0.390 e. The van der Waals surface area contributed by atoms with E-state index >= 15 is 0 Å². The van der Waals surface area contributed by atoms with Gasteiger partial charge in [0.15, 0.2) is 0 Å². The summed E-state index contributed by atoms with van der Waals surface area (Å²) in [5.74, 6) is 1.91. The first kappa shape index (κ1) is 23.5. The molecule has 4 nitrogen and oxygen atoms in total. The standard InChI is InChI=1S/C10H20O2.C6H8O2.2CH4/c1-5-6(2)8(4)10(12)9(11)7(5)3;7-5-1-2-6(8)4-3-5;;/h5-12H,1-4H3;1-4H2;2*1H4/t5-,6?,7?,8+,9?,10?;;;/m1.../s1. The first-order valence-electron chi connectivity index (χ1n) is 7.65. The van der Waals surface area contributed by atoms with Crippen molar-refractivity contribution in [3.05, 3.63) is 0 Å². The molecule has 0 bridgehead atoms. The molecule has 0 radical (unpaired) electrons. The van der Waals surface area contributed by atoms with Gasteiger partial charge in [-0.25, -0.2) is 0 Å². The summed E-state index contributed by atoms with van der Waals surface area (Å²) in [7, 11) is 0. The second kappa shape index (κ2) is 10.1. The van der Waals surface area contributed by atoms with E-state index in [4.69, 9.17) is 0 Å². The highest BCUT2D eigenvalue weighted by Crippen LogP contribution is 2.38. The van der Waals surface area contributed by atoms with E-state index in [9.17, 15) is 19.8 Å². The van der Waals surface area contributed by atoms with Crippen molar-refractivity contribution in [2.75, 3.05) is 0 Å². The van der Waals surface area contributed by atoms with Gasteiger partial charge in [-0.15, -0.1) is 0 Å². The molecule has 2 N–H and O–H groups in total. The number of hydrogen-bond acceptors (Lipinski definition) is 4. The average Bonchev–Trinajstić information content (AvgIpc) is 2.45. The van der Waals surface area contributed by atoms with Gasteiger partial charge < -0.3 is 10.2 Å². The third-order valence-corrected chi connectivity index (χ3v) is 5.28. The van der Waals surface area contributed by atoms with Gasteiger partial charge in [0.2, 0.25) is 0 Å². The Balaban J connectivity index is 0. The summed E-state index contributed by atoms with van der Waals surface area (Å²) in [6.07, 6.45) is 0.868. The van der Waals surface area contributed by atoms with Crippen LogP contribution in [0.15, 0.2) is 0 Å². The molecule has 132 valence electrons. The van der Waals surface area contributed by atoms with Crippen molar-refractivity contribution in [1.29, 1.82) is 0 Å². The average molecular weight is 316 g/mol. The number of hydrogen-bond donors (Lipinski definition) is 2. The lowest BCUT2D eigenvalue weighted by Crippen LogP contribution is -2.49. The fraction of sp³-hybridized carbons (Fsp3) is 0.889. The van der Waals surface area contributed by atoms with Crippen LogP contribution >= 0.6 is 0 Å². The van der Waals surface area contributed by atoms with Crippen LogP contribution in [0.25, 0.3) is 0 Å². The molecule has 0 aromatic rings. The first-order valence-corrected chi connectivity index (χ1v) is 7.65. The second-order valence-electron chi connectivity index (χ2n) is 6.50. The van der Waals surface area contributed by atoms with Crippen LogP contribution in [0.1, 0.15) is 68.2 Å². The Morgan fingerprint density at radius 2 is 0.864 bits per heavy atom. The minimum atomic E-state index is -0.536. The third kappa shape index (κ3) is 5.81. The molecule has 0 saturated heterocycles. The highest BCUT2D eigenvalue weighted by molar-refractivity contribution is 5.92. The summed E-state index contributed by atoms with van der Waals surface area (Å²) in [6.45, 7) is 8.34. The van der Waals surface area contributed by atoms with Crippen molar-refractivity contribution in [2.45, 2.75) is 80.4 Å². The number of ketones is 2. The van der Waals surface area contributed by atoms with Crippen LogP contribution in [-0.4, -0.2) is 34.0 Å². The summed E-state index contributed by atoms with van der Waals surface area (Å²) in [5, 5.41) is 19.3. The lowest BCUT2D eigenvalue weighted by Gasteiger charge is -2.43. The molecule has 0 aromatic heterocycles. The van der Waals surface area contributed by atoms with Crippen LogP contribution in [0, 0.1) is 23.7 Å². The lowest BCUT2D eigenvalue weighted by atomic mass is 9.66.